The van der Waals surface area contributed by atoms with Crippen molar-refractivity contribution < 1.29 is 4.39 Å². The molecule has 0 heterocycles. The number of hydrogen-bond donors (Lipinski definition) is 1. The maximum atomic E-state index is 14.2. The Morgan fingerprint density at radius 2 is 2.07 bits per heavy atom. The first-order valence-electron chi connectivity index (χ1n) is 5.09. The van der Waals surface area contributed by atoms with Crippen LogP contribution in [0.15, 0.2) is 24.3 Å². The lowest BCUT2D eigenvalue weighted by Crippen LogP contribution is -2.21. The molecule has 2 rings (SSSR count). The van der Waals surface area contributed by atoms with Crippen LogP contribution in [0.4, 0.5) is 4.39 Å². The van der Waals surface area contributed by atoms with E-state index in [-0.39, 0.29) is 5.41 Å². The Balaban J connectivity index is 2.27. The van der Waals surface area contributed by atoms with Crippen molar-refractivity contribution in [2.45, 2.75) is 25.9 Å². The highest BCUT2D eigenvalue weighted by molar-refractivity contribution is 5.30. The largest absolute Gasteiger partial charge is 0.330 e. The molecule has 1 saturated carbocycles. The van der Waals surface area contributed by atoms with Crippen molar-refractivity contribution in [2.24, 2.45) is 11.1 Å². The molecule has 1 aliphatic carbocycles. The van der Waals surface area contributed by atoms with E-state index in [4.69, 9.17) is 5.73 Å². The molecule has 2 N–H and O–H groups in total. The zero-order valence-corrected chi connectivity index (χ0v) is 8.46. The van der Waals surface area contributed by atoms with Gasteiger partial charge in [0.15, 0.2) is 0 Å². The summed E-state index contributed by atoms with van der Waals surface area (Å²) in [5, 5.41) is 0. The molecule has 0 bridgehead atoms. The number of hydrogen-bond acceptors (Lipinski definition) is 1. The standard InChI is InChI=1S/C12H16FN/c1-9-4-2-3-5-10(9)11(13)12(8-14)6-7-12/h2-5,11H,6-8,14H2,1H3. The maximum absolute atomic E-state index is 14.2. The second-order valence-electron chi connectivity index (χ2n) is 4.29. The van der Waals surface area contributed by atoms with Gasteiger partial charge in [-0.15, -0.1) is 0 Å². The van der Waals surface area contributed by atoms with Crippen LogP contribution in [-0.4, -0.2) is 6.54 Å². The Bertz CT molecular complexity index is 331. The molecule has 0 radical (unpaired) electrons. The third-order valence-corrected chi connectivity index (χ3v) is 3.30. The van der Waals surface area contributed by atoms with Crippen molar-refractivity contribution in [3.8, 4) is 0 Å². The van der Waals surface area contributed by atoms with Crippen LogP contribution in [0.5, 0.6) is 0 Å². The van der Waals surface area contributed by atoms with Gasteiger partial charge in [-0.2, -0.15) is 0 Å². The predicted octanol–water partition coefficient (Wildman–Crippen LogP) is 2.74. The first-order chi connectivity index (χ1) is 6.69. The third kappa shape index (κ3) is 1.44. The second-order valence-corrected chi connectivity index (χ2v) is 4.29. The first kappa shape index (κ1) is 9.66. The molecule has 1 unspecified atom stereocenters. The summed E-state index contributed by atoms with van der Waals surface area (Å²) >= 11 is 0. The van der Waals surface area contributed by atoms with Gasteiger partial charge in [0.2, 0.25) is 0 Å². The molecule has 1 nitrogen and oxygen atoms in total. The van der Waals surface area contributed by atoms with E-state index in [0.29, 0.717) is 6.54 Å². The lowest BCUT2D eigenvalue weighted by Gasteiger charge is -2.19. The SMILES string of the molecule is Cc1ccccc1C(F)C1(CN)CC1. The monoisotopic (exact) mass is 193 g/mol. The number of rotatable bonds is 3. The highest BCUT2D eigenvalue weighted by Crippen LogP contribution is 2.56. The van der Waals surface area contributed by atoms with E-state index in [1.165, 1.54) is 0 Å². The summed E-state index contributed by atoms with van der Waals surface area (Å²) in [7, 11) is 0. The third-order valence-electron chi connectivity index (χ3n) is 3.30. The molecule has 1 atom stereocenters. The normalized spacial score (nSPS) is 20.5. The fourth-order valence-electron chi connectivity index (χ4n) is 1.92. The predicted molar refractivity (Wildman–Crippen MR) is 55.7 cm³/mol. The molecule has 1 aromatic rings. The molecule has 0 spiro atoms. The summed E-state index contributed by atoms with van der Waals surface area (Å²) in [6.45, 7) is 2.41. The van der Waals surface area contributed by atoms with Gasteiger partial charge in [-0.05, 0) is 30.9 Å². The minimum atomic E-state index is -0.881. The number of benzene rings is 1. The van der Waals surface area contributed by atoms with E-state index in [0.717, 1.165) is 24.0 Å². The summed E-state index contributed by atoms with van der Waals surface area (Å²) in [6, 6.07) is 7.65. The molecule has 0 saturated heterocycles. The van der Waals surface area contributed by atoms with Crippen LogP contribution in [0.25, 0.3) is 0 Å². The van der Waals surface area contributed by atoms with Crippen LogP contribution in [0.1, 0.15) is 30.1 Å². The molecule has 0 amide bonds. The van der Waals surface area contributed by atoms with Crippen molar-refractivity contribution in [1.82, 2.24) is 0 Å². The fourth-order valence-corrected chi connectivity index (χ4v) is 1.92. The average Bonchev–Trinajstić information content (AvgIpc) is 2.98. The molecule has 1 aromatic carbocycles. The van der Waals surface area contributed by atoms with Gasteiger partial charge >= 0.3 is 0 Å². The average molecular weight is 193 g/mol. The Hall–Kier alpha value is -0.890. The maximum Gasteiger partial charge on any atom is 0.132 e. The van der Waals surface area contributed by atoms with E-state index >= 15 is 0 Å². The summed E-state index contributed by atoms with van der Waals surface area (Å²) < 4.78 is 14.2. The van der Waals surface area contributed by atoms with Gasteiger partial charge in [0, 0.05) is 12.0 Å². The van der Waals surface area contributed by atoms with Crippen molar-refractivity contribution in [3.63, 3.8) is 0 Å². The van der Waals surface area contributed by atoms with Crippen LogP contribution < -0.4 is 5.73 Å². The highest BCUT2D eigenvalue weighted by Gasteiger charge is 2.49. The Morgan fingerprint density at radius 1 is 1.43 bits per heavy atom. The summed E-state index contributed by atoms with van der Waals surface area (Å²) in [5.74, 6) is 0. The van der Waals surface area contributed by atoms with Gasteiger partial charge in [-0.1, -0.05) is 24.3 Å². The zero-order valence-electron chi connectivity index (χ0n) is 8.46. The molecule has 0 aliphatic heterocycles. The quantitative estimate of drug-likeness (QED) is 0.784. The number of halogens is 1. The van der Waals surface area contributed by atoms with Crippen molar-refractivity contribution in [3.05, 3.63) is 35.4 Å². The molecule has 0 aromatic heterocycles. The molecular formula is C12H16FN. The fraction of sp³-hybridized carbons (Fsp3) is 0.500. The van der Waals surface area contributed by atoms with Crippen LogP contribution in [0, 0.1) is 12.3 Å². The summed E-state index contributed by atoms with van der Waals surface area (Å²) in [4.78, 5) is 0. The molecular weight excluding hydrogens is 177 g/mol. The molecule has 1 fully saturated rings. The zero-order chi connectivity index (χ0) is 10.2. The van der Waals surface area contributed by atoms with Gasteiger partial charge < -0.3 is 5.73 Å². The van der Waals surface area contributed by atoms with E-state index < -0.39 is 6.17 Å². The van der Waals surface area contributed by atoms with Gasteiger partial charge in [-0.3, -0.25) is 0 Å². The van der Waals surface area contributed by atoms with Crippen molar-refractivity contribution >= 4 is 0 Å². The second kappa shape index (κ2) is 3.35. The van der Waals surface area contributed by atoms with Crippen molar-refractivity contribution in [2.75, 3.05) is 6.54 Å². The van der Waals surface area contributed by atoms with E-state index in [1.807, 2.05) is 31.2 Å². The van der Waals surface area contributed by atoms with Gasteiger partial charge in [0.25, 0.3) is 0 Å². The van der Waals surface area contributed by atoms with E-state index in [9.17, 15) is 4.39 Å². The molecule has 76 valence electrons. The number of alkyl halides is 1. The van der Waals surface area contributed by atoms with Crippen LogP contribution in [0.2, 0.25) is 0 Å². The van der Waals surface area contributed by atoms with Gasteiger partial charge in [-0.25, -0.2) is 4.39 Å². The summed E-state index contributed by atoms with van der Waals surface area (Å²) in [6.07, 6.45) is 0.978. The topological polar surface area (TPSA) is 26.0 Å². The van der Waals surface area contributed by atoms with Gasteiger partial charge in [0.1, 0.15) is 6.17 Å². The van der Waals surface area contributed by atoms with Crippen molar-refractivity contribution in [1.29, 1.82) is 0 Å². The molecule has 1 aliphatic rings. The van der Waals surface area contributed by atoms with Crippen LogP contribution in [0.3, 0.4) is 0 Å². The Morgan fingerprint density at radius 3 is 2.57 bits per heavy atom. The summed E-state index contributed by atoms with van der Waals surface area (Å²) in [5.41, 5.74) is 7.22. The van der Waals surface area contributed by atoms with Gasteiger partial charge in [0.05, 0.1) is 0 Å². The number of nitrogens with two attached hydrogens (primary N) is 1. The van der Waals surface area contributed by atoms with Crippen LogP contribution >= 0.6 is 0 Å². The van der Waals surface area contributed by atoms with E-state index in [1.54, 1.807) is 0 Å². The van der Waals surface area contributed by atoms with E-state index in [2.05, 4.69) is 0 Å². The smallest absolute Gasteiger partial charge is 0.132 e. The lowest BCUT2D eigenvalue weighted by molar-refractivity contribution is 0.216. The first-order valence-corrected chi connectivity index (χ1v) is 5.09. The van der Waals surface area contributed by atoms with Crippen LogP contribution in [-0.2, 0) is 0 Å². The Kier molecular flexibility index (Phi) is 2.31. The lowest BCUT2D eigenvalue weighted by atomic mass is 9.91. The minimum Gasteiger partial charge on any atom is -0.330 e. The Labute approximate surface area is 84.1 Å². The highest BCUT2D eigenvalue weighted by atomic mass is 19.1. The molecule has 2 heteroatoms. The minimum absolute atomic E-state index is 0.244. The number of aryl methyl sites for hydroxylation is 1. The molecule has 14 heavy (non-hydrogen) atoms.